The average molecular weight is 735 g/mol. The summed E-state index contributed by atoms with van der Waals surface area (Å²) in [4.78, 5) is 82.0. The van der Waals surface area contributed by atoms with Gasteiger partial charge in [-0.15, -0.1) is 0 Å². The van der Waals surface area contributed by atoms with Crippen LogP contribution in [-0.4, -0.2) is 88.3 Å². The fourth-order valence-electron chi connectivity index (χ4n) is 6.52. The van der Waals surface area contributed by atoms with Crippen LogP contribution in [0.1, 0.15) is 78.4 Å². The van der Waals surface area contributed by atoms with Crippen molar-refractivity contribution in [2.45, 2.75) is 116 Å². The van der Waals surface area contributed by atoms with Crippen LogP contribution < -0.4 is 27.0 Å². The molecule has 7 N–H and O–H groups in total. The first kappa shape index (κ1) is 42.6. The summed E-state index contributed by atoms with van der Waals surface area (Å²) in [5, 5.41) is 20.7. The number of nitrogens with one attached hydrogen (secondary N) is 4. The number of carbonyl (C=O) groups is 6. The van der Waals surface area contributed by atoms with Crippen LogP contribution >= 0.6 is 0 Å². The number of likely N-dealkylation sites (tertiary alicyclic amines) is 1. The average Bonchev–Trinajstić information content (AvgIpc) is 3.60. The van der Waals surface area contributed by atoms with Crippen LogP contribution in [0.25, 0.3) is 0 Å². The minimum atomic E-state index is -1.18. The summed E-state index contributed by atoms with van der Waals surface area (Å²) in [6.45, 7) is 11.3. The van der Waals surface area contributed by atoms with Crippen molar-refractivity contribution in [1.29, 1.82) is 0 Å². The minimum Gasteiger partial charge on any atom is -0.480 e. The molecule has 1 fully saturated rings. The van der Waals surface area contributed by atoms with Crippen molar-refractivity contribution < 1.29 is 33.9 Å². The second-order valence-electron chi connectivity index (χ2n) is 15.2. The van der Waals surface area contributed by atoms with E-state index in [4.69, 9.17) is 5.73 Å². The molecule has 5 amide bonds. The van der Waals surface area contributed by atoms with Gasteiger partial charge in [0.05, 0.1) is 6.04 Å². The molecule has 0 bridgehead atoms. The van der Waals surface area contributed by atoms with Crippen molar-refractivity contribution in [2.24, 2.45) is 23.5 Å². The lowest BCUT2D eigenvalue weighted by molar-refractivity contribution is -0.143. The second-order valence-corrected chi connectivity index (χ2v) is 15.2. The molecule has 3 rings (SSSR count). The van der Waals surface area contributed by atoms with Gasteiger partial charge in [-0.2, -0.15) is 0 Å². The first-order chi connectivity index (χ1) is 25.1. The molecule has 6 atom stereocenters. The third kappa shape index (κ3) is 13.3. The predicted octanol–water partition coefficient (Wildman–Crippen LogP) is 2.56. The summed E-state index contributed by atoms with van der Waals surface area (Å²) in [6.07, 6.45) is 1.85. The Morgan fingerprint density at radius 1 is 0.698 bits per heavy atom. The van der Waals surface area contributed by atoms with Gasteiger partial charge in [-0.05, 0) is 54.6 Å². The summed E-state index contributed by atoms with van der Waals surface area (Å²) in [5.41, 5.74) is 7.76. The Morgan fingerprint density at radius 3 is 1.72 bits per heavy atom. The van der Waals surface area contributed by atoms with Crippen LogP contribution in [0.15, 0.2) is 60.7 Å². The standard InChI is InChI=1S/C40H58N6O7/c1-24(2)20-29(41)35(47)44-32(23-28-16-11-8-12-17-28)39(51)46-19-13-18-33(46)38(50)43-31(22-27-14-9-7-10-15-27)36(48)42-30(21-25(3)4)37(49)45-34(26(5)6)40(52)53/h7-12,14-17,24-26,29-34H,13,18-23,41H2,1-6H3,(H,42,48)(H,43,50)(H,44,47)(H,45,49)(H,52,53)/t29-,30+,31+,32-,33+,34+/m1/s1. The van der Waals surface area contributed by atoms with E-state index in [0.717, 1.165) is 11.1 Å². The fraction of sp³-hybridized carbons (Fsp3) is 0.550. The van der Waals surface area contributed by atoms with Gasteiger partial charge in [0.15, 0.2) is 0 Å². The monoisotopic (exact) mass is 734 g/mol. The maximum absolute atomic E-state index is 14.2. The van der Waals surface area contributed by atoms with Crippen molar-refractivity contribution in [1.82, 2.24) is 26.2 Å². The zero-order valence-corrected chi connectivity index (χ0v) is 31.8. The molecule has 0 aliphatic carbocycles. The number of nitrogens with two attached hydrogens (primary N) is 1. The number of hydrogen-bond donors (Lipinski definition) is 6. The van der Waals surface area contributed by atoms with Gasteiger partial charge in [0.25, 0.3) is 0 Å². The molecule has 2 aromatic rings. The van der Waals surface area contributed by atoms with Gasteiger partial charge in [0, 0.05) is 19.4 Å². The number of carbonyl (C=O) groups excluding carboxylic acids is 5. The van der Waals surface area contributed by atoms with E-state index in [1.165, 1.54) is 4.90 Å². The largest absolute Gasteiger partial charge is 0.480 e. The number of carboxylic acid groups (broad SMARTS) is 1. The van der Waals surface area contributed by atoms with Crippen molar-refractivity contribution in [3.63, 3.8) is 0 Å². The van der Waals surface area contributed by atoms with Gasteiger partial charge in [0.1, 0.15) is 30.2 Å². The predicted molar refractivity (Wildman–Crippen MR) is 202 cm³/mol. The number of rotatable bonds is 19. The Kier molecular flexibility index (Phi) is 16.5. The molecular weight excluding hydrogens is 676 g/mol. The van der Waals surface area contributed by atoms with Crippen LogP contribution in [0.3, 0.4) is 0 Å². The van der Waals surface area contributed by atoms with E-state index in [0.29, 0.717) is 19.3 Å². The number of nitrogens with zero attached hydrogens (tertiary/aromatic N) is 1. The maximum atomic E-state index is 14.2. The lowest BCUT2D eigenvalue weighted by Gasteiger charge is -2.31. The summed E-state index contributed by atoms with van der Waals surface area (Å²) in [7, 11) is 0. The SMILES string of the molecule is CC(C)C[C@@H](N)C(=O)N[C@H](Cc1ccccc1)C(=O)N1CCC[C@H]1C(=O)N[C@@H](Cc1ccccc1)C(=O)N[C@@H](CC(C)C)C(=O)N[C@H](C(=O)O)C(C)C. The van der Waals surface area contributed by atoms with Crippen LogP contribution in [0.4, 0.5) is 0 Å². The van der Waals surface area contributed by atoms with Crippen LogP contribution in [-0.2, 0) is 41.6 Å². The van der Waals surface area contributed by atoms with E-state index < -0.39 is 77.7 Å². The van der Waals surface area contributed by atoms with Crippen molar-refractivity contribution in [3.05, 3.63) is 71.8 Å². The molecule has 0 radical (unpaired) electrons. The summed E-state index contributed by atoms with van der Waals surface area (Å²) in [6, 6.07) is 12.3. The third-order valence-electron chi connectivity index (χ3n) is 9.28. The number of benzene rings is 2. The molecule has 0 aromatic heterocycles. The van der Waals surface area contributed by atoms with Gasteiger partial charge in [0.2, 0.25) is 29.5 Å². The van der Waals surface area contributed by atoms with E-state index in [-0.39, 0.29) is 37.6 Å². The number of aliphatic carboxylic acids is 1. The summed E-state index contributed by atoms with van der Waals surface area (Å²) >= 11 is 0. The molecular formula is C40H58N6O7. The van der Waals surface area contributed by atoms with Gasteiger partial charge in [-0.1, -0.05) is 102 Å². The van der Waals surface area contributed by atoms with Gasteiger partial charge in [-0.3, -0.25) is 24.0 Å². The quantitative estimate of drug-likeness (QED) is 0.127. The Bertz CT molecular complexity index is 1530. The molecule has 0 saturated carbocycles. The lowest BCUT2D eigenvalue weighted by atomic mass is 9.99. The van der Waals surface area contributed by atoms with E-state index >= 15 is 0 Å². The third-order valence-corrected chi connectivity index (χ3v) is 9.28. The molecule has 53 heavy (non-hydrogen) atoms. The van der Waals surface area contributed by atoms with Crippen molar-refractivity contribution in [2.75, 3.05) is 6.54 Å². The molecule has 2 aromatic carbocycles. The van der Waals surface area contributed by atoms with Crippen LogP contribution in [0.2, 0.25) is 0 Å². The van der Waals surface area contributed by atoms with E-state index in [2.05, 4.69) is 21.3 Å². The topological polar surface area (TPSA) is 200 Å². The van der Waals surface area contributed by atoms with E-state index in [1.807, 2.05) is 88.4 Å². The first-order valence-electron chi connectivity index (χ1n) is 18.7. The number of hydrogen-bond acceptors (Lipinski definition) is 7. The normalized spacial score (nSPS) is 17.1. The molecule has 290 valence electrons. The molecule has 0 spiro atoms. The molecule has 1 aliphatic heterocycles. The zero-order valence-electron chi connectivity index (χ0n) is 31.8. The number of amides is 5. The molecule has 1 heterocycles. The smallest absolute Gasteiger partial charge is 0.326 e. The molecule has 13 heteroatoms. The van der Waals surface area contributed by atoms with Crippen LogP contribution in [0.5, 0.6) is 0 Å². The number of carboxylic acids is 1. The molecule has 13 nitrogen and oxygen atoms in total. The highest BCUT2D eigenvalue weighted by Crippen LogP contribution is 2.21. The highest BCUT2D eigenvalue weighted by Gasteiger charge is 2.40. The van der Waals surface area contributed by atoms with Crippen LogP contribution in [0, 0.1) is 17.8 Å². The van der Waals surface area contributed by atoms with Crippen molar-refractivity contribution >= 4 is 35.5 Å². The maximum Gasteiger partial charge on any atom is 0.326 e. The van der Waals surface area contributed by atoms with Gasteiger partial charge < -0.3 is 37.0 Å². The Hall–Kier alpha value is -4.78. The summed E-state index contributed by atoms with van der Waals surface area (Å²) < 4.78 is 0. The highest BCUT2D eigenvalue weighted by atomic mass is 16.4. The summed E-state index contributed by atoms with van der Waals surface area (Å²) in [5.74, 6) is -4.11. The fourth-order valence-corrected chi connectivity index (χ4v) is 6.52. The Balaban J connectivity index is 1.86. The Morgan fingerprint density at radius 2 is 1.21 bits per heavy atom. The van der Waals surface area contributed by atoms with Gasteiger partial charge in [-0.25, -0.2) is 4.79 Å². The van der Waals surface area contributed by atoms with E-state index in [1.54, 1.807) is 13.8 Å². The first-order valence-corrected chi connectivity index (χ1v) is 18.7. The van der Waals surface area contributed by atoms with E-state index in [9.17, 15) is 33.9 Å². The lowest BCUT2D eigenvalue weighted by Crippen LogP contribution is -2.60. The molecule has 1 saturated heterocycles. The second kappa shape index (κ2) is 20.5. The Labute approximate surface area is 313 Å². The minimum absolute atomic E-state index is 0.0298. The van der Waals surface area contributed by atoms with Gasteiger partial charge >= 0.3 is 5.97 Å². The highest BCUT2D eigenvalue weighted by molar-refractivity contribution is 5.96. The molecule has 0 unspecified atom stereocenters. The zero-order chi connectivity index (χ0) is 39.2. The molecule has 1 aliphatic rings. The van der Waals surface area contributed by atoms with Crippen molar-refractivity contribution in [3.8, 4) is 0 Å².